The van der Waals surface area contributed by atoms with Gasteiger partial charge in [-0.05, 0) is 44.9 Å². The fourth-order valence-corrected chi connectivity index (χ4v) is 3.62. The molecule has 2 aliphatic rings. The smallest absolute Gasteiger partial charge is 0.251 e. The van der Waals surface area contributed by atoms with Gasteiger partial charge >= 0.3 is 0 Å². The predicted molar refractivity (Wildman–Crippen MR) is 80.4 cm³/mol. The highest BCUT2D eigenvalue weighted by molar-refractivity contribution is 5.81. The van der Waals surface area contributed by atoms with Gasteiger partial charge in [-0.1, -0.05) is 19.8 Å². The molecule has 4 atom stereocenters. The maximum atomic E-state index is 12.6. The third kappa shape index (κ3) is 3.95. The number of hydrogen-bond donors (Lipinski definition) is 1. The first-order valence-corrected chi connectivity index (χ1v) is 8.27. The van der Waals surface area contributed by atoms with Gasteiger partial charge in [-0.2, -0.15) is 0 Å². The van der Waals surface area contributed by atoms with Crippen molar-refractivity contribution in [3.8, 4) is 0 Å². The molecule has 0 bridgehead atoms. The molecule has 20 heavy (non-hydrogen) atoms. The van der Waals surface area contributed by atoms with Crippen molar-refractivity contribution in [1.82, 2.24) is 4.90 Å². The molecule has 4 nitrogen and oxygen atoms in total. The molecule has 0 spiro atoms. The molecule has 1 aliphatic carbocycles. The molecule has 1 amide bonds. The fourth-order valence-electron chi connectivity index (χ4n) is 3.62. The number of rotatable bonds is 4. The molecule has 4 heteroatoms. The van der Waals surface area contributed by atoms with E-state index in [4.69, 9.17) is 10.5 Å². The second-order valence-corrected chi connectivity index (χ2v) is 6.59. The molecule has 116 valence electrons. The molecule has 1 saturated carbocycles. The summed E-state index contributed by atoms with van der Waals surface area (Å²) in [6, 6.07) is 0.215. The van der Waals surface area contributed by atoms with Crippen LogP contribution >= 0.6 is 0 Å². The summed E-state index contributed by atoms with van der Waals surface area (Å²) in [6.45, 7) is 5.59. The maximum absolute atomic E-state index is 12.6. The minimum Gasteiger partial charge on any atom is -0.365 e. The van der Waals surface area contributed by atoms with Crippen LogP contribution in [0.1, 0.15) is 58.8 Å². The van der Waals surface area contributed by atoms with Crippen LogP contribution in [0.2, 0.25) is 0 Å². The number of carbonyl (C=O) groups is 1. The summed E-state index contributed by atoms with van der Waals surface area (Å²) < 4.78 is 6.04. The van der Waals surface area contributed by atoms with Gasteiger partial charge in [-0.15, -0.1) is 0 Å². The van der Waals surface area contributed by atoms with Gasteiger partial charge in [0.2, 0.25) is 0 Å². The summed E-state index contributed by atoms with van der Waals surface area (Å²) in [5, 5.41) is 0. The first-order valence-electron chi connectivity index (χ1n) is 8.27. The van der Waals surface area contributed by atoms with E-state index in [1.807, 2.05) is 11.8 Å². The molecule has 1 saturated heterocycles. The molecule has 2 N–H and O–H groups in total. The van der Waals surface area contributed by atoms with Crippen LogP contribution in [0, 0.1) is 5.92 Å². The van der Waals surface area contributed by atoms with E-state index in [1.165, 1.54) is 19.3 Å². The second kappa shape index (κ2) is 7.41. The first kappa shape index (κ1) is 15.8. The molecule has 0 aromatic rings. The van der Waals surface area contributed by atoms with Crippen LogP contribution in [0.25, 0.3) is 0 Å². The number of likely N-dealkylation sites (tertiary alicyclic amines) is 1. The second-order valence-electron chi connectivity index (χ2n) is 6.59. The Balaban J connectivity index is 1.87. The lowest BCUT2D eigenvalue weighted by atomic mass is 9.88. The van der Waals surface area contributed by atoms with E-state index in [9.17, 15) is 4.79 Å². The minimum atomic E-state index is -0.322. The Hall–Kier alpha value is -0.610. The van der Waals surface area contributed by atoms with E-state index >= 15 is 0 Å². The van der Waals surface area contributed by atoms with Crippen molar-refractivity contribution < 1.29 is 9.53 Å². The number of nitrogens with zero attached hydrogens (tertiary/aromatic N) is 1. The van der Waals surface area contributed by atoms with Gasteiger partial charge in [0, 0.05) is 19.1 Å². The van der Waals surface area contributed by atoms with Gasteiger partial charge in [0.15, 0.2) is 0 Å². The van der Waals surface area contributed by atoms with Gasteiger partial charge in [0.1, 0.15) is 6.10 Å². The summed E-state index contributed by atoms with van der Waals surface area (Å²) in [5.74, 6) is 0.862. The zero-order chi connectivity index (χ0) is 14.5. The topological polar surface area (TPSA) is 55.6 Å². The van der Waals surface area contributed by atoms with Crippen LogP contribution in [0.5, 0.6) is 0 Å². The van der Waals surface area contributed by atoms with E-state index in [0.29, 0.717) is 6.54 Å². The van der Waals surface area contributed by atoms with Crippen molar-refractivity contribution in [2.45, 2.75) is 77.0 Å². The summed E-state index contributed by atoms with van der Waals surface area (Å²) in [7, 11) is 0. The summed E-state index contributed by atoms with van der Waals surface area (Å²) in [5.41, 5.74) is 5.80. The van der Waals surface area contributed by atoms with Crippen LogP contribution in [0.4, 0.5) is 0 Å². The molecular weight excluding hydrogens is 252 g/mol. The molecule has 1 heterocycles. The predicted octanol–water partition coefficient (Wildman–Crippen LogP) is 2.31. The summed E-state index contributed by atoms with van der Waals surface area (Å²) in [6.07, 6.45) is 7.97. The maximum Gasteiger partial charge on any atom is 0.251 e. The van der Waals surface area contributed by atoms with E-state index in [0.717, 1.165) is 38.1 Å². The first-order chi connectivity index (χ1) is 9.61. The molecule has 1 aliphatic heterocycles. The third-order valence-corrected chi connectivity index (χ3v) is 4.81. The van der Waals surface area contributed by atoms with Gasteiger partial charge in [0.05, 0.1) is 6.10 Å². The molecule has 0 radical (unpaired) electrons. The van der Waals surface area contributed by atoms with Gasteiger partial charge < -0.3 is 15.4 Å². The lowest BCUT2D eigenvalue weighted by Gasteiger charge is -2.37. The largest absolute Gasteiger partial charge is 0.365 e. The number of carbonyl (C=O) groups excluding carboxylic acids is 1. The van der Waals surface area contributed by atoms with E-state index in [-0.39, 0.29) is 24.2 Å². The Morgan fingerprint density at radius 2 is 2.10 bits per heavy atom. The third-order valence-electron chi connectivity index (χ3n) is 4.81. The Morgan fingerprint density at radius 1 is 1.30 bits per heavy atom. The average molecular weight is 282 g/mol. The van der Waals surface area contributed by atoms with Gasteiger partial charge in [0.25, 0.3) is 5.91 Å². The fraction of sp³-hybridized carbons (Fsp3) is 0.938. The Bertz CT molecular complexity index is 322. The number of ether oxygens (including phenoxy) is 1. The van der Waals surface area contributed by atoms with Crippen molar-refractivity contribution in [2.75, 3.05) is 13.1 Å². The van der Waals surface area contributed by atoms with Crippen LogP contribution in [0.15, 0.2) is 0 Å². The number of hydrogen-bond acceptors (Lipinski definition) is 3. The Labute approximate surface area is 123 Å². The number of piperidine rings is 1. The van der Waals surface area contributed by atoms with Crippen LogP contribution in [0.3, 0.4) is 0 Å². The summed E-state index contributed by atoms with van der Waals surface area (Å²) in [4.78, 5) is 14.5. The number of amides is 1. The molecule has 0 aromatic carbocycles. The highest BCUT2D eigenvalue weighted by Crippen LogP contribution is 2.27. The zero-order valence-corrected chi connectivity index (χ0v) is 13.0. The molecule has 0 aromatic heterocycles. The highest BCUT2D eigenvalue weighted by atomic mass is 16.5. The van der Waals surface area contributed by atoms with Crippen molar-refractivity contribution in [1.29, 1.82) is 0 Å². The number of nitrogens with two attached hydrogens (primary N) is 1. The molecule has 2 rings (SSSR count). The lowest BCUT2D eigenvalue weighted by molar-refractivity contribution is -0.151. The quantitative estimate of drug-likeness (QED) is 0.861. The van der Waals surface area contributed by atoms with Crippen molar-refractivity contribution in [3.63, 3.8) is 0 Å². The van der Waals surface area contributed by atoms with Crippen molar-refractivity contribution in [2.24, 2.45) is 11.7 Å². The normalized spacial score (nSPS) is 33.0. The van der Waals surface area contributed by atoms with Crippen LogP contribution in [-0.4, -0.2) is 42.1 Å². The van der Waals surface area contributed by atoms with E-state index < -0.39 is 0 Å². The van der Waals surface area contributed by atoms with Crippen LogP contribution < -0.4 is 5.73 Å². The van der Waals surface area contributed by atoms with Crippen LogP contribution in [-0.2, 0) is 9.53 Å². The molecule has 0 unspecified atom stereocenters. The van der Waals surface area contributed by atoms with E-state index in [2.05, 4.69) is 6.92 Å². The Morgan fingerprint density at radius 3 is 2.80 bits per heavy atom. The summed E-state index contributed by atoms with van der Waals surface area (Å²) >= 11 is 0. The van der Waals surface area contributed by atoms with Gasteiger partial charge in [-0.25, -0.2) is 0 Å². The Kier molecular flexibility index (Phi) is 5.85. The highest BCUT2D eigenvalue weighted by Gasteiger charge is 2.31. The molecule has 2 fully saturated rings. The monoisotopic (exact) mass is 282 g/mol. The standard InChI is InChI=1S/C16H30N2O2/c1-12-6-5-8-15(10-12)20-13(2)16(19)18-9-4-3-7-14(18)11-17/h12-15H,3-11,17H2,1-2H3/t12-,13+,14+,15+/m1/s1. The zero-order valence-electron chi connectivity index (χ0n) is 13.0. The van der Waals surface area contributed by atoms with Gasteiger partial charge in [-0.3, -0.25) is 4.79 Å². The molecular formula is C16H30N2O2. The minimum absolute atomic E-state index is 0.137. The van der Waals surface area contributed by atoms with Crippen molar-refractivity contribution in [3.05, 3.63) is 0 Å². The lowest BCUT2D eigenvalue weighted by Crippen LogP contribution is -2.51. The SMILES string of the molecule is C[C@@H]1CCC[C@H](O[C@@H](C)C(=O)N2CCCC[C@H]2CN)C1. The van der Waals surface area contributed by atoms with E-state index in [1.54, 1.807) is 0 Å². The average Bonchev–Trinajstić information content (AvgIpc) is 2.46. The van der Waals surface area contributed by atoms with Crippen molar-refractivity contribution >= 4 is 5.91 Å².